The molecule has 1 aromatic heterocycles. The minimum Gasteiger partial charge on any atom is -0.480 e. The molecule has 0 radical (unpaired) electrons. The summed E-state index contributed by atoms with van der Waals surface area (Å²) in [5, 5.41) is 79.8. The fourth-order valence-electron chi connectivity index (χ4n) is 13.2. The van der Waals surface area contributed by atoms with Crippen LogP contribution in [0.2, 0.25) is 0 Å². The first-order valence-electron chi connectivity index (χ1n) is 40.3. The summed E-state index contributed by atoms with van der Waals surface area (Å²) in [7, 11) is 0. The molecule has 0 saturated carbocycles. The van der Waals surface area contributed by atoms with Gasteiger partial charge in [-0.3, -0.25) is 83.4 Å². The Labute approximate surface area is 704 Å². The average Bonchev–Trinajstić information content (AvgIpc) is 1.63. The molecule has 4 rings (SSSR count). The van der Waals surface area contributed by atoms with E-state index in [1.165, 1.54) is 36.2 Å². The fraction of sp³-hybridized carbons (Fsp3) is 0.640. The van der Waals surface area contributed by atoms with Crippen molar-refractivity contribution in [3.8, 4) is 0 Å². The van der Waals surface area contributed by atoms with E-state index in [1.54, 1.807) is 38.1 Å². The Hall–Kier alpha value is -11.4. The molecule has 2 fully saturated rings. The summed E-state index contributed by atoms with van der Waals surface area (Å²) in [4.78, 5) is 218. The molecule has 1 aromatic carbocycles. The number of carboxylic acids is 1. The molecule has 45 heteroatoms. The van der Waals surface area contributed by atoms with E-state index in [-0.39, 0.29) is 166 Å². The Morgan fingerprint density at radius 2 is 1.03 bits per heavy atom. The summed E-state index contributed by atoms with van der Waals surface area (Å²) in [5.41, 5.74) is 32.9. The van der Waals surface area contributed by atoms with Crippen LogP contribution in [0.4, 0.5) is 0 Å². The van der Waals surface area contributed by atoms with Gasteiger partial charge in [-0.2, -0.15) is 0 Å². The number of hydrogen-bond acceptors (Lipinski definition) is 22. The quantitative estimate of drug-likeness (QED) is 0.0167. The number of likely N-dealkylation sites (tertiary alicyclic amines) is 2. The standard InChI is InChI=1S/C75H124BrN27O17/c1-6-7-16-48(66(114)101-75(4,5)71(120)100-53(70(118)119)35-42-22-24-43(76)25-23-42)95-67(115)55-20-13-32-102(55)58(106)38-90-60(108)46(17-8-9-28-77)93-64(112)52(36-44-37-86-40-91-44)98-65(113)54(39-104)99-63(111)51(34-41(2)3)97-61(109)47(18-11-30-88-73(82)83)94-68(116)56-21-14-33-103(56)69(117)50(19-12-31-89-74(84)85)96-62(110)49(26-27-57(79)105)92-59(107)45(78)15-10-29-87-72(80)81/h22-25,37,40-41,45-56,104H,6-21,26-36,38-39,77-78H2,1-5H3,(H2,79,105)(H,86,91)(H,90,108)(H,92,107)(H,93,112)(H,94,116)(H,95,115)(H,96,110)(H,97,109)(H,98,113)(H,99,111)(H,100,120)(H,101,114)(H,118,119)(H4,80,81,87)(H4,82,83,88)(H4,84,85,89)/t45-,46-,47-,48-,49-,50-,51-,52-,53-,54-,55-,56-/m0/s1. The fourth-order valence-corrected chi connectivity index (χ4v) is 13.5. The second-order valence-corrected chi connectivity index (χ2v) is 31.4. The number of imidazole rings is 1. The average molecular weight is 1760 g/mol. The van der Waals surface area contributed by atoms with E-state index >= 15 is 0 Å². The maximum absolute atomic E-state index is 14.8. The minimum absolute atomic E-state index is 0.0186. The van der Waals surface area contributed by atoms with Crippen molar-refractivity contribution in [3.05, 3.63) is 52.5 Å². The van der Waals surface area contributed by atoms with Crippen molar-refractivity contribution in [2.75, 3.05) is 52.4 Å². The molecular weight excluding hydrogens is 1630 g/mol. The number of halogens is 1. The molecule has 0 spiro atoms. The van der Waals surface area contributed by atoms with Gasteiger partial charge in [0.2, 0.25) is 82.7 Å². The highest BCUT2D eigenvalue weighted by atomic mass is 79.9. The van der Waals surface area contributed by atoms with Crippen LogP contribution in [0, 0.1) is 22.1 Å². The number of unbranched alkanes of at least 4 members (excludes halogenated alkanes) is 2. The van der Waals surface area contributed by atoms with Crippen LogP contribution < -0.4 is 109 Å². The number of aliphatic hydroxyl groups excluding tert-OH is 1. The van der Waals surface area contributed by atoms with Crippen molar-refractivity contribution in [1.29, 1.82) is 16.2 Å². The number of nitrogens with zero attached hydrogens (tertiary/aromatic N) is 3. The van der Waals surface area contributed by atoms with Gasteiger partial charge in [0.25, 0.3) is 0 Å². The van der Waals surface area contributed by atoms with E-state index in [4.69, 9.17) is 50.6 Å². The predicted molar refractivity (Wildman–Crippen MR) is 443 cm³/mol. The zero-order chi connectivity index (χ0) is 89.3. The van der Waals surface area contributed by atoms with Gasteiger partial charge < -0.3 is 134 Å². The van der Waals surface area contributed by atoms with Gasteiger partial charge in [-0.15, -0.1) is 0 Å². The van der Waals surface area contributed by atoms with Gasteiger partial charge in [0.15, 0.2) is 17.9 Å². The molecule has 0 unspecified atom stereocenters. The Morgan fingerprint density at radius 1 is 0.558 bits per heavy atom. The van der Waals surface area contributed by atoms with E-state index in [0.29, 0.717) is 37.7 Å². The monoisotopic (exact) mass is 1750 g/mol. The summed E-state index contributed by atoms with van der Waals surface area (Å²) < 4.78 is 0.768. The van der Waals surface area contributed by atoms with E-state index in [2.05, 4.69) is 100 Å². The predicted octanol–water partition coefficient (Wildman–Crippen LogP) is -5.86. The van der Waals surface area contributed by atoms with E-state index in [9.17, 15) is 82.1 Å². The first kappa shape index (κ1) is 101. The topological polar surface area (TPSA) is 728 Å². The molecule has 14 amide bonds. The number of aromatic amines is 1. The molecule has 2 aromatic rings. The van der Waals surface area contributed by atoms with Gasteiger partial charge in [-0.1, -0.05) is 61.7 Å². The molecular formula is C75H124BrN27O17. The summed E-state index contributed by atoms with van der Waals surface area (Å²) in [5.74, 6) is -14.6. The molecule has 3 heterocycles. The minimum atomic E-state index is -1.82. The number of nitrogens with two attached hydrogens (primary N) is 6. The van der Waals surface area contributed by atoms with Crippen molar-refractivity contribution in [3.63, 3.8) is 0 Å². The van der Waals surface area contributed by atoms with E-state index in [1.807, 2.05) is 6.92 Å². The molecule has 2 aliphatic rings. The lowest BCUT2D eigenvalue weighted by Crippen LogP contribution is -2.62. The Morgan fingerprint density at radius 3 is 1.57 bits per heavy atom. The lowest BCUT2D eigenvalue weighted by Gasteiger charge is -2.31. The molecule has 2 aliphatic heterocycles. The zero-order valence-electron chi connectivity index (χ0n) is 68.7. The van der Waals surface area contributed by atoms with Gasteiger partial charge >= 0.3 is 5.97 Å². The van der Waals surface area contributed by atoms with Crippen molar-refractivity contribution in [2.24, 2.45) is 40.3 Å². The number of benzene rings is 1. The third kappa shape index (κ3) is 35.7. The number of guanidine groups is 3. The van der Waals surface area contributed by atoms with Crippen LogP contribution in [0.3, 0.4) is 0 Å². The summed E-state index contributed by atoms with van der Waals surface area (Å²) in [6.45, 7) is 6.89. The second kappa shape index (κ2) is 51.9. The largest absolute Gasteiger partial charge is 0.480 e. The number of aliphatic carboxylic acids is 1. The molecule has 668 valence electrons. The second-order valence-electron chi connectivity index (χ2n) is 30.5. The van der Waals surface area contributed by atoms with Crippen molar-refractivity contribution in [2.45, 2.75) is 247 Å². The van der Waals surface area contributed by atoms with Crippen LogP contribution in [-0.2, 0) is 84.8 Å². The van der Waals surface area contributed by atoms with Crippen LogP contribution in [-0.4, -0.2) is 267 Å². The number of hydrogen-bond donors (Lipinski definition) is 26. The number of carbonyl (C=O) groups is 15. The Balaban J connectivity index is 1.51. The lowest BCUT2D eigenvalue weighted by atomic mass is 10.00. The number of aromatic nitrogens is 2. The lowest BCUT2D eigenvalue weighted by molar-refractivity contribution is -0.143. The molecule has 120 heavy (non-hydrogen) atoms. The van der Waals surface area contributed by atoms with Gasteiger partial charge in [-0.05, 0) is 147 Å². The van der Waals surface area contributed by atoms with E-state index in [0.717, 1.165) is 4.47 Å². The molecule has 12 atom stereocenters. The first-order chi connectivity index (χ1) is 56.8. The first-order valence-corrected chi connectivity index (χ1v) is 41.1. The Bertz CT molecular complexity index is 3820. The van der Waals surface area contributed by atoms with Gasteiger partial charge in [-0.25, -0.2) is 9.78 Å². The molecule has 0 bridgehead atoms. The zero-order valence-corrected chi connectivity index (χ0v) is 70.3. The SMILES string of the molecule is CCCC[C@H](NC(=O)[C@@H]1CCCN1C(=O)CNC(=O)[C@H](CCCCN)NC(=O)[C@H](Cc1c[nH]cn1)NC(=O)[C@H](CO)NC(=O)[C@H](CC(C)C)NC(=O)[C@H](CCCNC(=N)N)NC(=O)[C@@H]1CCCN1C(=O)[C@H](CCCNC(=N)N)NC(=O)[C@H](CCC(N)=O)NC(=O)[C@@H](N)CCCNC(=N)N)C(=O)NC(C)(C)C(=O)N[C@@H](Cc1ccc(Br)cc1)C(=O)O. The highest BCUT2D eigenvalue weighted by molar-refractivity contribution is 9.10. The third-order valence-electron chi connectivity index (χ3n) is 19.8. The number of nitrogens with one attached hydrogen (secondary N) is 18. The number of primary amides is 1. The number of carbonyl (C=O) groups excluding carboxylic acids is 14. The van der Waals surface area contributed by atoms with Crippen LogP contribution in [0.25, 0.3) is 0 Å². The van der Waals surface area contributed by atoms with Crippen molar-refractivity contribution in [1.82, 2.24) is 94.2 Å². The highest BCUT2D eigenvalue weighted by Gasteiger charge is 2.43. The highest BCUT2D eigenvalue weighted by Crippen LogP contribution is 2.23. The van der Waals surface area contributed by atoms with Crippen LogP contribution >= 0.6 is 15.9 Å². The maximum Gasteiger partial charge on any atom is 0.326 e. The molecule has 32 N–H and O–H groups in total. The number of amides is 14. The van der Waals surface area contributed by atoms with Crippen molar-refractivity contribution >= 4 is 122 Å². The summed E-state index contributed by atoms with van der Waals surface area (Å²) >= 11 is 3.34. The van der Waals surface area contributed by atoms with Crippen LogP contribution in [0.5, 0.6) is 0 Å². The maximum atomic E-state index is 14.8. The third-order valence-corrected chi connectivity index (χ3v) is 20.3. The van der Waals surface area contributed by atoms with Gasteiger partial charge in [0.05, 0.1) is 31.2 Å². The normalized spacial score (nSPS) is 16.2. The number of carboxylic acid groups (broad SMARTS) is 1. The van der Waals surface area contributed by atoms with Gasteiger partial charge in [0, 0.05) is 62.7 Å². The molecule has 44 nitrogen and oxygen atoms in total. The molecule has 2 saturated heterocycles. The summed E-state index contributed by atoms with van der Waals surface area (Å²) in [6.07, 6.45) is 4.56. The van der Waals surface area contributed by atoms with Crippen LogP contribution in [0.1, 0.15) is 168 Å². The number of H-pyrrole nitrogens is 1. The van der Waals surface area contributed by atoms with Crippen LogP contribution in [0.15, 0.2) is 41.3 Å². The summed E-state index contributed by atoms with van der Waals surface area (Å²) in [6, 6.07) is -9.82. The Kier molecular flexibility index (Phi) is 43.7. The van der Waals surface area contributed by atoms with Crippen molar-refractivity contribution < 1.29 is 82.1 Å². The number of rotatable bonds is 54. The molecule has 0 aliphatic carbocycles. The van der Waals surface area contributed by atoms with Gasteiger partial charge in [0.1, 0.15) is 72.0 Å². The smallest absolute Gasteiger partial charge is 0.326 e. The number of aliphatic hydroxyl groups is 1. The van der Waals surface area contributed by atoms with E-state index < -0.39 is 186 Å².